The van der Waals surface area contributed by atoms with Crippen molar-refractivity contribution in [3.05, 3.63) is 246 Å². The lowest BCUT2D eigenvalue weighted by molar-refractivity contribution is 1.07. The molecule has 10 nitrogen and oxygen atoms in total. The third-order valence-electron chi connectivity index (χ3n) is 14.4. The van der Waals surface area contributed by atoms with Crippen LogP contribution in [0.1, 0.15) is 27.8 Å². The Kier molecular flexibility index (Phi) is 11.2. The maximum absolute atomic E-state index is 10.7. The van der Waals surface area contributed by atoms with Gasteiger partial charge in [0.2, 0.25) is 0 Å². The highest BCUT2D eigenvalue weighted by Gasteiger charge is 2.24. The van der Waals surface area contributed by atoms with Gasteiger partial charge in [-0.05, 0) is 107 Å². The molecule has 358 valence electrons. The molecule has 10 heteroatoms. The summed E-state index contributed by atoms with van der Waals surface area (Å²) >= 11 is 0. The molecule has 10 aromatic carbocycles. The fraction of sp³-hybridized carbons (Fsp3) is 0. The first-order chi connectivity index (χ1) is 38.4. The molecular weight excluding hydrogens is 957 g/mol. The van der Waals surface area contributed by atoms with Gasteiger partial charge in [-0.15, -0.1) is 0 Å². The molecule has 0 radical (unpaired) electrons. The van der Waals surface area contributed by atoms with Crippen molar-refractivity contribution >= 4 is 43.6 Å². The average molecular weight is 993 g/mol. The second-order valence-electron chi connectivity index (χ2n) is 18.8. The van der Waals surface area contributed by atoms with Crippen LogP contribution in [0.4, 0.5) is 0 Å². The molecule has 0 amide bonds. The van der Waals surface area contributed by atoms with Crippen molar-refractivity contribution in [3.8, 4) is 109 Å². The number of hydrogen-bond acceptors (Lipinski definition) is 8. The van der Waals surface area contributed by atoms with Crippen LogP contribution < -0.4 is 0 Å². The molecule has 13 aromatic rings. The SMILES string of the molecule is N#Cc1ccc(-c2ccc3c(c2)c2ccccc2n3-c2ccc(C#N)cc2-c2ccc(-c3nc(-c4ccccc4)nc(-c4ccccc4)n3)cc2-n2c3ccccc3c3cc(-c4ccc(C#N)cc4C#N)ccc32)c(C#N)c1. The molecule has 0 aliphatic rings. The Labute approximate surface area is 447 Å². The van der Waals surface area contributed by atoms with Crippen LogP contribution >= 0.6 is 0 Å². The predicted molar refractivity (Wildman–Crippen MR) is 305 cm³/mol. The Morgan fingerprint density at radius 2 is 0.679 bits per heavy atom. The summed E-state index contributed by atoms with van der Waals surface area (Å²) in [5, 5.41) is 54.3. The lowest BCUT2D eigenvalue weighted by Crippen LogP contribution is -2.04. The van der Waals surface area contributed by atoms with E-state index in [1.54, 1.807) is 24.3 Å². The summed E-state index contributed by atoms with van der Waals surface area (Å²) in [4.78, 5) is 15.3. The van der Waals surface area contributed by atoms with Gasteiger partial charge in [0.05, 0.1) is 91.6 Å². The monoisotopic (exact) mass is 992 g/mol. The van der Waals surface area contributed by atoms with Crippen LogP contribution in [0.3, 0.4) is 0 Å². The van der Waals surface area contributed by atoms with Crippen molar-refractivity contribution in [2.75, 3.05) is 0 Å². The van der Waals surface area contributed by atoms with Crippen molar-refractivity contribution in [1.82, 2.24) is 24.1 Å². The maximum Gasteiger partial charge on any atom is 0.164 e. The van der Waals surface area contributed by atoms with Crippen LogP contribution in [0.25, 0.3) is 123 Å². The minimum atomic E-state index is 0.404. The Hall–Kier alpha value is -11.7. The number of para-hydroxylation sites is 2. The zero-order valence-corrected chi connectivity index (χ0v) is 41.3. The van der Waals surface area contributed by atoms with Gasteiger partial charge in [0.1, 0.15) is 0 Å². The number of rotatable bonds is 8. The van der Waals surface area contributed by atoms with Gasteiger partial charge in [-0.2, -0.15) is 26.3 Å². The number of nitrogens with zero attached hydrogens (tertiary/aromatic N) is 10. The van der Waals surface area contributed by atoms with E-state index in [4.69, 9.17) is 15.0 Å². The lowest BCUT2D eigenvalue weighted by Gasteiger charge is -2.20. The van der Waals surface area contributed by atoms with Crippen LogP contribution in [0.5, 0.6) is 0 Å². The van der Waals surface area contributed by atoms with E-state index in [-0.39, 0.29) is 0 Å². The van der Waals surface area contributed by atoms with Gasteiger partial charge in [-0.25, -0.2) is 15.0 Å². The van der Waals surface area contributed by atoms with E-state index in [9.17, 15) is 26.3 Å². The number of nitriles is 5. The summed E-state index contributed by atoms with van der Waals surface area (Å²) in [7, 11) is 0. The molecule has 3 heterocycles. The Morgan fingerprint density at radius 3 is 1.18 bits per heavy atom. The van der Waals surface area contributed by atoms with Gasteiger partial charge < -0.3 is 9.13 Å². The van der Waals surface area contributed by atoms with Gasteiger partial charge >= 0.3 is 0 Å². The second kappa shape index (κ2) is 18.9. The molecule has 0 saturated carbocycles. The standard InChI is InChI=1S/C68H36N10/c69-37-42-19-25-52(50(31-42)40-72)47-23-29-63-58(34-47)54-15-7-9-17-60(54)77(63)62-28-21-44(39-71)33-57(62)56-27-22-49(68-75-66(45-11-3-1-4-12-45)74-67(76-68)46-13-5-2-6-14-46)36-65(56)78-61-18-10-8-16-55(61)59-35-48(24-30-64(59)78)53-26-20-43(38-70)32-51(53)41-73/h1-36H. The molecule has 0 fully saturated rings. The van der Waals surface area contributed by atoms with Crippen LogP contribution in [-0.4, -0.2) is 24.1 Å². The first-order valence-electron chi connectivity index (χ1n) is 25.0. The van der Waals surface area contributed by atoms with Crippen molar-refractivity contribution < 1.29 is 0 Å². The second-order valence-corrected chi connectivity index (χ2v) is 18.8. The molecule has 0 bridgehead atoms. The Bertz CT molecular complexity index is 4800. The number of aromatic nitrogens is 5. The fourth-order valence-electron chi connectivity index (χ4n) is 10.8. The highest BCUT2D eigenvalue weighted by molar-refractivity contribution is 6.13. The van der Waals surface area contributed by atoms with Crippen LogP contribution in [0, 0.1) is 56.7 Å². The molecule has 0 aliphatic carbocycles. The van der Waals surface area contributed by atoms with Crippen molar-refractivity contribution in [2.45, 2.75) is 0 Å². The molecule has 78 heavy (non-hydrogen) atoms. The van der Waals surface area contributed by atoms with Crippen molar-refractivity contribution in [1.29, 1.82) is 26.3 Å². The van der Waals surface area contributed by atoms with E-state index in [2.05, 4.69) is 100 Å². The Balaban J connectivity index is 1.09. The zero-order chi connectivity index (χ0) is 52.9. The number of hydrogen-bond donors (Lipinski definition) is 0. The zero-order valence-electron chi connectivity index (χ0n) is 41.3. The molecule has 13 rings (SSSR count). The summed E-state index contributed by atoms with van der Waals surface area (Å²) in [6.07, 6.45) is 0. The number of benzene rings is 10. The largest absolute Gasteiger partial charge is 0.309 e. The maximum atomic E-state index is 10.7. The molecule has 0 unspecified atom stereocenters. The first-order valence-corrected chi connectivity index (χ1v) is 25.0. The molecule has 0 N–H and O–H groups in total. The van der Waals surface area contributed by atoms with Crippen molar-refractivity contribution in [3.63, 3.8) is 0 Å². The normalized spacial score (nSPS) is 11.0. The predicted octanol–water partition coefficient (Wildman–Crippen LogP) is 15.4. The average Bonchev–Trinajstić information content (AvgIpc) is 4.03. The molecule has 0 atom stereocenters. The Morgan fingerprint density at radius 1 is 0.269 bits per heavy atom. The highest BCUT2D eigenvalue weighted by atomic mass is 15.0. The molecule has 0 saturated heterocycles. The van der Waals surface area contributed by atoms with Crippen molar-refractivity contribution in [2.24, 2.45) is 0 Å². The van der Waals surface area contributed by atoms with E-state index in [0.717, 1.165) is 105 Å². The summed E-state index contributed by atoms with van der Waals surface area (Å²) in [6, 6.07) is 82.3. The van der Waals surface area contributed by atoms with Gasteiger partial charge in [0, 0.05) is 49.4 Å². The molecule has 0 aliphatic heterocycles. The summed E-state index contributed by atoms with van der Waals surface area (Å²) in [5.74, 6) is 1.51. The fourth-order valence-corrected chi connectivity index (χ4v) is 10.8. The smallest absolute Gasteiger partial charge is 0.164 e. The van der Waals surface area contributed by atoms with E-state index in [0.29, 0.717) is 45.3 Å². The quantitative estimate of drug-likeness (QED) is 0.145. The van der Waals surface area contributed by atoms with Gasteiger partial charge in [-0.3, -0.25) is 0 Å². The molecular formula is C68H36N10. The van der Waals surface area contributed by atoms with E-state index < -0.39 is 0 Å². The van der Waals surface area contributed by atoms with E-state index in [1.165, 1.54) is 0 Å². The molecule has 3 aromatic heterocycles. The van der Waals surface area contributed by atoms with E-state index in [1.807, 2.05) is 133 Å². The van der Waals surface area contributed by atoms with E-state index >= 15 is 0 Å². The lowest BCUT2D eigenvalue weighted by atomic mass is 9.96. The minimum absolute atomic E-state index is 0.404. The summed E-state index contributed by atoms with van der Waals surface area (Å²) in [6.45, 7) is 0. The third-order valence-corrected chi connectivity index (χ3v) is 14.4. The van der Waals surface area contributed by atoms with Gasteiger partial charge in [-0.1, -0.05) is 133 Å². The summed E-state index contributed by atoms with van der Waals surface area (Å²) < 4.78 is 4.49. The van der Waals surface area contributed by atoms with Gasteiger partial charge in [0.15, 0.2) is 17.5 Å². The molecule has 0 spiro atoms. The van der Waals surface area contributed by atoms with Crippen LogP contribution in [-0.2, 0) is 0 Å². The number of fused-ring (bicyclic) bond motifs is 6. The first kappa shape index (κ1) is 46.1. The topological polar surface area (TPSA) is 167 Å². The van der Waals surface area contributed by atoms with Crippen LogP contribution in [0.15, 0.2) is 218 Å². The highest BCUT2D eigenvalue weighted by Crippen LogP contribution is 2.44. The minimum Gasteiger partial charge on any atom is -0.309 e. The summed E-state index contributed by atoms with van der Waals surface area (Å²) in [5.41, 5.74) is 14.5. The van der Waals surface area contributed by atoms with Gasteiger partial charge in [0.25, 0.3) is 0 Å². The van der Waals surface area contributed by atoms with Crippen LogP contribution in [0.2, 0.25) is 0 Å². The third kappa shape index (κ3) is 7.74.